The van der Waals surface area contributed by atoms with Gasteiger partial charge in [-0.15, -0.1) is 0 Å². The molecule has 0 bridgehead atoms. The van der Waals surface area contributed by atoms with Gasteiger partial charge in [-0.05, 0) is 26.3 Å². The number of urea groups is 1. The van der Waals surface area contributed by atoms with Crippen LogP contribution in [0.3, 0.4) is 0 Å². The molecule has 0 saturated carbocycles. The Morgan fingerprint density at radius 3 is 2.29 bits per heavy atom. The van der Waals surface area contributed by atoms with Gasteiger partial charge in [0.2, 0.25) is 5.82 Å². The van der Waals surface area contributed by atoms with Gasteiger partial charge in [-0.2, -0.15) is 18.2 Å². The highest BCUT2D eigenvalue weighted by Crippen LogP contribution is 2.29. The number of nitrogens with zero attached hydrogens (tertiary/aromatic N) is 2. The summed E-state index contributed by atoms with van der Waals surface area (Å²) in [6.07, 6.45) is -4.67. The Labute approximate surface area is 136 Å². The van der Waals surface area contributed by atoms with Gasteiger partial charge >= 0.3 is 18.1 Å². The fraction of sp³-hybridized carbons (Fsp3) is 0.400. The number of rotatable bonds is 3. The summed E-state index contributed by atoms with van der Waals surface area (Å²) in [6, 6.07) is 6.14. The molecule has 0 atom stereocenters. The zero-order chi connectivity index (χ0) is 18.0. The Balaban J connectivity index is 1.98. The zero-order valence-corrected chi connectivity index (χ0v) is 13.4. The first-order valence-electron chi connectivity index (χ1n) is 7.11. The third kappa shape index (κ3) is 4.97. The highest BCUT2D eigenvalue weighted by atomic mass is 19.4. The first-order valence-corrected chi connectivity index (χ1v) is 7.11. The number of carbonyl (C=O) groups excluding carboxylic acids is 1. The minimum absolute atomic E-state index is 0.146. The molecular weight excluding hydrogens is 325 g/mol. The molecule has 6 nitrogen and oxygen atoms in total. The third-order valence-electron chi connectivity index (χ3n) is 2.82. The Morgan fingerprint density at radius 1 is 1.17 bits per heavy atom. The van der Waals surface area contributed by atoms with E-state index in [-0.39, 0.29) is 23.9 Å². The van der Waals surface area contributed by atoms with Gasteiger partial charge in [-0.25, -0.2) is 4.79 Å². The molecule has 0 fully saturated rings. The van der Waals surface area contributed by atoms with Crippen LogP contribution in [0.15, 0.2) is 28.8 Å². The summed E-state index contributed by atoms with van der Waals surface area (Å²) in [6.45, 7) is 5.87. The van der Waals surface area contributed by atoms with Crippen LogP contribution in [0.1, 0.15) is 32.2 Å². The molecule has 1 aromatic heterocycles. The fourth-order valence-corrected chi connectivity index (χ4v) is 1.79. The van der Waals surface area contributed by atoms with E-state index in [4.69, 9.17) is 0 Å². The van der Waals surface area contributed by atoms with Gasteiger partial charge < -0.3 is 15.2 Å². The van der Waals surface area contributed by atoms with Crippen molar-refractivity contribution in [2.45, 2.75) is 39.0 Å². The van der Waals surface area contributed by atoms with Crippen LogP contribution < -0.4 is 10.6 Å². The number of hydrogen-bond donors (Lipinski definition) is 2. The van der Waals surface area contributed by atoms with Crippen molar-refractivity contribution in [2.75, 3.05) is 0 Å². The minimum atomic E-state index is -4.67. The first-order chi connectivity index (χ1) is 11.0. The van der Waals surface area contributed by atoms with E-state index in [9.17, 15) is 18.0 Å². The lowest BCUT2D eigenvalue weighted by atomic mass is 10.1. The summed E-state index contributed by atoms with van der Waals surface area (Å²) in [7, 11) is 0. The predicted octanol–water partition coefficient (Wildman–Crippen LogP) is 3.35. The van der Waals surface area contributed by atoms with Crippen LogP contribution >= 0.6 is 0 Å². The van der Waals surface area contributed by atoms with Crippen molar-refractivity contribution in [3.63, 3.8) is 0 Å². The van der Waals surface area contributed by atoms with E-state index in [1.165, 1.54) is 0 Å². The molecule has 2 aromatic rings. The Kier molecular flexibility index (Phi) is 4.81. The van der Waals surface area contributed by atoms with Crippen molar-refractivity contribution < 1.29 is 22.5 Å². The Hall–Kier alpha value is -2.58. The van der Waals surface area contributed by atoms with Crippen molar-refractivity contribution in [1.29, 1.82) is 0 Å². The summed E-state index contributed by atoms with van der Waals surface area (Å²) < 4.78 is 41.5. The second kappa shape index (κ2) is 6.50. The normalized spacial score (nSPS) is 12.1. The van der Waals surface area contributed by atoms with E-state index in [1.54, 1.807) is 24.3 Å². The quantitative estimate of drug-likeness (QED) is 0.896. The minimum Gasteiger partial charge on any atom is -0.334 e. The van der Waals surface area contributed by atoms with Gasteiger partial charge in [0.1, 0.15) is 0 Å². The molecule has 1 aromatic carbocycles. The van der Waals surface area contributed by atoms with E-state index >= 15 is 0 Å². The number of alkyl halides is 3. The highest BCUT2D eigenvalue weighted by molar-refractivity contribution is 5.74. The number of amides is 2. The maximum absolute atomic E-state index is 12.4. The zero-order valence-electron chi connectivity index (χ0n) is 13.4. The van der Waals surface area contributed by atoms with Gasteiger partial charge in [-0.3, -0.25) is 0 Å². The molecule has 0 radical (unpaired) electrons. The van der Waals surface area contributed by atoms with E-state index in [0.717, 1.165) is 5.56 Å². The number of aromatic nitrogens is 2. The molecule has 0 unspecified atom stereocenters. The van der Waals surface area contributed by atoms with Crippen molar-refractivity contribution in [3.05, 3.63) is 35.7 Å². The lowest BCUT2D eigenvalue weighted by molar-refractivity contribution is -0.159. The maximum atomic E-state index is 12.4. The molecule has 2 amide bonds. The van der Waals surface area contributed by atoms with Gasteiger partial charge in [0.15, 0.2) is 0 Å². The molecule has 9 heteroatoms. The summed E-state index contributed by atoms with van der Waals surface area (Å²) in [4.78, 5) is 15.0. The lowest BCUT2D eigenvalue weighted by Gasteiger charge is -2.20. The second-order valence-corrected chi connectivity index (χ2v) is 6.18. The van der Waals surface area contributed by atoms with Crippen LogP contribution in [0.4, 0.5) is 18.0 Å². The SMILES string of the molecule is CC(C)(C)NC(=O)NCc1ccc(-c2noc(C(F)(F)F)n2)cc1. The average molecular weight is 342 g/mol. The van der Waals surface area contributed by atoms with Crippen molar-refractivity contribution >= 4 is 6.03 Å². The van der Waals surface area contributed by atoms with Crippen LogP contribution in [0.2, 0.25) is 0 Å². The van der Waals surface area contributed by atoms with Crippen molar-refractivity contribution in [2.24, 2.45) is 0 Å². The van der Waals surface area contributed by atoms with Crippen LogP contribution in [0.5, 0.6) is 0 Å². The van der Waals surface area contributed by atoms with Crippen LogP contribution in [-0.4, -0.2) is 21.7 Å². The third-order valence-corrected chi connectivity index (χ3v) is 2.82. The van der Waals surface area contributed by atoms with Gasteiger partial charge in [0.05, 0.1) is 0 Å². The summed E-state index contributed by atoms with van der Waals surface area (Å²) in [5.74, 6) is -1.53. The molecule has 2 N–H and O–H groups in total. The van der Waals surface area contributed by atoms with Crippen LogP contribution in [-0.2, 0) is 12.7 Å². The Bertz CT molecular complexity index is 703. The second-order valence-electron chi connectivity index (χ2n) is 6.18. The molecule has 1 heterocycles. The highest BCUT2D eigenvalue weighted by Gasteiger charge is 2.38. The average Bonchev–Trinajstić information content (AvgIpc) is 2.93. The summed E-state index contributed by atoms with van der Waals surface area (Å²) >= 11 is 0. The van der Waals surface area contributed by atoms with E-state index in [1.807, 2.05) is 20.8 Å². The molecule has 0 spiro atoms. The molecule has 0 aliphatic carbocycles. The molecule has 0 saturated heterocycles. The standard InChI is InChI=1S/C15H17F3N4O2/c1-14(2,3)21-13(23)19-8-9-4-6-10(7-5-9)11-20-12(24-22-11)15(16,17)18/h4-7H,8H2,1-3H3,(H2,19,21,23). The van der Waals surface area contributed by atoms with Crippen LogP contribution in [0.25, 0.3) is 11.4 Å². The smallest absolute Gasteiger partial charge is 0.334 e. The van der Waals surface area contributed by atoms with Crippen molar-refractivity contribution in [3.8, 4) is 11.4 Å². The topological polar surface area (TPSA) is 80.0 Å². The van der Waals surface area contributed by atoms with E-state index in [0.29, 0.717) is 5.56 Å². The predicted molar refractivity (Wildman–Crippen MR) is 79.9 cm³/mol. The summed E-state index contributed by atoms with van der Waals surface area (Å²) in [5.41, 5.74) is 0.822. The van der Waals surface area contributed by atoms with E-state index < -0.39 is 12.1 Å². The molecule has 24 heavy (non-hydrogen) atoms. The summed E-state index contributed by atoms with van der Waals surface area (Å²) in [5, 5.41) is 8.76. The van der Waals surface area contributed by atoms with E-state index in [2.05, 4.69) is 25.3 Å². The molecular formula is C15H17F3N4O2. The lowest BCUT2D eigenvalue weighted by Crippen LogP contribution is -2.46. The monoisotopic (exact) mass is 342 g/mol. The number of nitrogens with one attached hydrogen (secondary N) is 2. The van der Waals surface area contributed by atoms with Gasteiger partial charge in [0.25, 0.3) is 0 Å². The number of hydrogen-bond acceptors (Lipinski definition) is 4. The number of halogens is 3. The molecule has 130 valence electrons. The van der Waals surface area contributed by atoms with Gasteiger partial charge in [0, 0.05) is 17.6 Å². The van der Waals surface area contributed by atoms with Crippen LogP contribution in [0, 0.1) is 0 Å². The first kappa shape index (κ1) is 17.8. The number of benzene rings is 1. The number of carbonyl (C=O) groups is 1. The maximum Gasteiger partial charge on any atom is 0.471 e. The molecule has 0 aliphatic rings. The van der Waals surface area contributed by atoms with Gasteiger partial charge in [-0.1, -0.05) is 29.4 Å². The Morgan fingerprint density at radius 2 is 1.79 bits per heavy atom. The molecule has 2 rings (SSSR count). The fourth-order valence-electron chi connectivity index (χ4n) is 1.79. The van der Waals surface area contributed by atoms with Crippen molar-refractivity contribution in [1.82, 2.24) is 20.8 Å². The largest absolute Gasteiger partial charge is 0.471 e. The molecule has 0 aliphatic heterocycles.